The highest BCUT2D eigenvalue weighted by Gasteiger charge is 2.05. The highest BCUT2D eigenvalue weighted by Crippen LogP contribution is 2.23. The van der Waals surface area contributed by atoms with Crippen molar-refractivity contribution in [3.63, 3.8) is 0 Å². The molecule has 0 bridgehead atoms. The van der Waals surface area contributed by atoms with Crippen molar-refractivity contribution in [3.05, 3.63) is 58.9 Å². The van der Waals surface area contributed by atoms with Gasteiger partial charge in [0.2, 0.25) is 0 Å². The molecular weight excluding hydrogens is 270 g/mol. The van der Waals surface area contributed by atoms with Gasteiger partial charge in [-0.15, -0.1) is 0 Å². The van der Waals surface area contributed by atoms with Gasteiger partial charge in [0, 0.05) is 43.2 Å². The maximum Gasteiger partial charge on any atom is 0.0471 e. The van der Waals surface area contributed by atoms with Gasteiger partial charge in [-0.05, 0) is 48.9 Å². The zero-order chi connectivity index (χ0) is 14.4. The minimum Gasteiger partial charge on any atom is -0.374 e. The minimum atomic E-state index is 0.792. The fourth-order valence-electron chi connectivity index (χ4n) is 2.08. The Labute approximate surface area is 125 Å². The van der Waals surface area contributed by atoms with E-state index in [2.05, 4.69) is 46.5 Å². The predicted molar refractivity (Wildman–Crippen MR) is 85.4 cm³/mol. The largest absolute Gasteiger partial charge is 0.374 e. The Morgan fingerprint density at radius 3 is 2.60 bits per heavy atom. The van der Waals surface area contributed by atoms with E-state index in [1.807, 2.05) is 25.5 Å². The van der Waals surface area contributed by atoms with Gasteiger partial charge in [0.05, 0.1) is 0 Å². The molecule has 1 aromatic heterocycles. The van der Waals surface area contributed by atoms with Crippen molar-refractivity contribution in [2.75, 3.05) is 25.5 Å². The summed E-state index contributed by atoms with van der Waals surface area (Å²) in [5, 5.41) is 3.93. The number of nitrogens with zero attached hydrogens (tertiary/aromatic N) is 2. The molecule has 2 rings (SSSR count). The summed E-state index contributed by atoms with van der Waals surface area (Å²) in [6.45, 7) is 1.74. The molecule has 1 N–H and O–H groups in total. The van der Waals surface area contributed by atoms with Gasteiger partial charge in [-0.1, -0.05) is 17.7 Å². The third-order valence-corrected chi connectivity index (χ3v) is 3.68. The molecule has 106 valence electrons. The SMILES string of the molecule is CNCc1ccc(N(C)CCc2ccncc2)cc1Cl. The Bertz CT molecular complexity index is 543. The summed E-state index contributed by atoms with van der Waals surface area (Å²) in [7, 11) is 4.01. The lowest BCUT2D eigenvalue weighted by atomic mass is 10.1. The molecule has 0 fully saturated rings. The third-order valence-electron chi connectivity index (χ3n) is 3.33. The fraction of sp³-hybridized carbons (Fsp3) is 0.312. The highest BCUT2D eigenvalue weighted by atomic mass is 35.5. The maximum atomic E-state index is 6.29. The zero-order valence-electron chi connectivity index (χ0n) is 11.9. The number of halogens is 1. The van der Waals surface area contributed by atoms with Crippen LogP contribution in [0.4, 0.5) is 5.69 Å². The van der Waals surface area contributed by atoms with Gasteiger partial charge in [0.25, 0.3) is 0 Å². The molecule has 0 atom stereocenters. The first-order valence-electron chi connectivity index (χ1n) is 6.74. The molecule has 0 saturated heterocycles. The van der Waals surface area contributed by atoms with Crippen LogP contribution in [0.1, 0.15) is 11.1 Å². The number of anilines is 1. The van der Waals surface area contributed by atoms with Crippen molar-refractivity contribution in [3.8, 4) is 0 Å². The summed E-state index contributed by atoms with van der Waals surface area (Å²) in [5.74, 6) is 0. The number of hydrogen-bond donors (Lipinski definition) is 1. The molecular formula is C16H20ClN3. The van der Waals surface area contributed by atoms with Crippen molar-refractivity contribution in [2.24, 2.45) is 0 Å². The summed E-state index contributed by atoms with van der Waals surface area (Å²) in [6.07, 6.45) is 4.66. The molecule has 0 saturated carbocycles. The van der Waals surface area contributed by atoms with Gasteiger partial charge in [-0.25, -0.2) is 0 Å². The molecule has 0 aliphatic carbocycles. The summed E-state index contributed by atoms with van der Waals surface area (Å²) in [6, 6.07) is 10.3. The van der Waals surface area contributed by atoms with E-state index >= 15 is 0 Å². The lowest BCUT2D eigenvalue weighted by Gasteiger charge is -2.20. The smallest absolute Gasteiger partial charge is 0.0471 e. The number of benzene rings is 1. The summed E-state index contributed by atoms with van der Waals surface area (Å²) in [4.78, 5) is 6.25. The van der Waals surface area contributed by atoms with E-state index in [4.69, 9.17) is 11.6 Å². The second-order valence-corrected chi connectivity index (χ2v) is 5.24. The summed E-state index contributed by atoms with van der Waals surface area (Å²) in [5.41, 5.74) is 3.56. The standard InChI is InChI=1S/C16H20ClN3/c1-18-12-14-3-4-15(11-16(14)17)20(2)10-7-13-5-8-19-9-6-13/h3-6,8-9,11,18H,7,10,12H2,1-2H3. The average Bonchev–Trinajstić information content (AvgIpc) is 2.48. The predicted octanol–water partition coefficient (Wildman–Crippen LogP) is 3.13. The highest BCUT2D eigenvalue weighted by molar-refractivity contribution is 6.31. The number of nitrogens with one attached hydrogen (secondary N) is 1. The molecule has 0 amide bonds. The van der Waals surface area contributed by atoms with Crippen molar-refractivity contribution >= 4 is 17.3 Å². The van der Waals surface area contributed by atoms with E-state index in [1.165, 1.54) is 5.56 Å². The molecule has 20 heavy (non-hydrogen) atoms. The van der Waals surface area contributed by atoms with Crippen LogP contribution in [-0.4, -0.2) is 25.6 Å². The number of rotatable bonds is 6. The van der Waals surface area contributed by atoms with Crippen LogP contribution in [0.3, 0.4) is 0 Å². The third kappa shape index (κ3) is 3.95. The second-order valence-electron chi connectivity index (χ2n) is 4.83. The Morgan fingerprint density at radius 2 is 1.95 bits per heavy atom. The van der Waals surface area contributed by atoms with Crippen LogP contribution in [-0.2, 0) is 13.0 Å². The quantitative estimate of drug-likeness (QED) is 0.885. The summed E-state index contributed by atoms with van der Waals surface area (Å²) >= 11 is 6.29. The molecule has 3 nitrogen and oxygen atoms in total. The lowest BCUT2D eigenvalue weighted by Crippen LogP contribution is -2.20. The van der Waals surface area contributed by atoms with Gasteiger partial charge >= 0.3 is 0 Å². The van der Waals surface area contributed by atoms with Crippen LogP contribution in [0.5, 0.6) is 0 Å². The van der Waals surface area contributed by atoms with Crippen LogP contribution in [0, 0.1) is 0 Å². The lowest BCUT2D eigenvalue weighted by molar-refractivity contribution is 0.816. The Balaban J connectivity index is 1.98. The van der Waals surface area contributed by atoms with E-state index in [0.29, 0.717) is 0 Å². The molecule has 1 heterocycles. The van der Waals surface area contributed by atoms with Gasteiger partial charge < -0.3 is 10.2 Å². The van der Waals surface area contributed by atoms with Gasteiger partial charge in [0.15, 0.2) is 0 Å². The van der Waals surface area contributed by atoms with E-state index in [9.17, 15) is 0 Å². The van der Waals surface area contributed by atoms with Gasteiger partial charge in [0.1, 0.15) is 0 Å². The average molecular weight is 290 g/mol. The van der Waals surface area contributed by atoms with Gasteiger partial charge in [-0.3, -0.25) is 4.98 Å². The molecule has 0 radical (unpaired) electrons. The second kappa shape index (κ2) is 7.27. The zero-order valence-corrected chi connectivity index (χ0v) is 12.7. The summed E-state index contributed by atoms with van der Waals surface area (Å²) < 4.78 is 0. The molecule has 0 aliphatic heterocycles. The van der Waals surface area contributed by atoms with Crippen molar-refractivity contribution in [2.45, 2.75) is 13.0 Å². The van der Waals surface area contributed by atoms with Crippen molar-refractivity contribution in [1.29, 1.82) is 0 Å². The van der Waals surface area contributed by atoms with Crippen LogP contribution in [0.15, 0.2) is 42.7 Å². The Hall–Kier alpha value is -1.58. The van der Waals surface area contributed by atoms with Crippen LogP contribution >= 0.6 is 11.6 Å². The first-order chi connectivity index (χ1) is 9.70. The van der Waals surface area contributed by atoms with Crippen molar-refractivity contribution in [1.82, 2.24) is 10.3 Å². The minimum absolute atomic E-state index is 0.792. The van der Waals surface area contributed by atoms with E-state index < -0.39 is 0 Å². The Kier molecular flexibility index (Phi) is 5.39. The van der Waals surface area contributed by atoms with Crippen LogP contribution in [0.2, 0.25) is 5.02 Å². The van der Waals surface area contributed by atoms with Crippen LogP contribution in [0.25, 0.3) is 0 Å². The van der Waals surface area contributed by atoms with E-state index in [0.717, 1.165) is 35.8 Å². The number of likely N-dealkylation sites (N-methyl/N-ethyl adjacent to an activating group) is 1. The number of pyridine rings is 1. The molecule has 1 aromatic carbocycles. The van der Waals surface area contributed by atoms with Crippen molar-refractivity contribution < 1.29 is 0 Å². The maximum absolute atomic E-state index is 6.29. The van der Waals surface area contributed by atoms with E-state index in [1.54, 1.807) is 0 Å². The topological polar surface area (TPSA) is 28.2 Å². The Morgan fingerprint density at radius 1 is 1.20 bits per heavy atom. The first kappa shape index (κ1) is 14.8. The normalized spacial score (nSPS) is 10.6. The number of hydrogen-bond acceptors (Lipinski definition) is 3. The fourth-order valence-corrected chi connectivity index (χ4v) is 2.32. The van der Waals surface area contributed by atoms with Crippen LogP contribution < -0.4 is 10.2 Å². The monoisotopic (exact) mass is 289 g/mol. The molecule has 0 aliphatic rings. The molecule has 4 heteroatoms. The molecule has 0 unspecified atom stereocenters. The number of aromatic nitrogens is 1. The first-order valence-corrected chi connectivity index (χ1v) is 7.11. The molecule has 2 aromatic rings. The molecule has 0 spiro atoms. The van der Waals surface area contributed by atoms with E-state index in [-0.39, 0.29) is 0 Å². The van der Waals surface area contributed by atoms with Gasteiger partial charge in [-0.2, -0.15) is 0 Å².